The first-order valence-electron chi connectivity index (χ1n) is 9.41. The van der Waals surface area contributed by atoms with Crippen LogP contribution in [0.5, 0.6) is 5.75 Å². The summed E-state index contributed by atoms with van der Waals surface area (Å²) in [6.07, 6.45) is 0. The van der Waals surface area contributed by atoms with E-state index in [1.54, 1.807) is 42.5 Å². The van der Waals surface area contributed by atoms with E-state index in [2.05, 4.69) is 5.32 Å². The Morgan fingerprint density at radius 2 is 1.71 bits per heavy atom. The van der Waals surface area contributed by atoms with Gasteiger partial charge in [0.1, 0.15) is 5.75 Å². The SMILES string of the molecule is CCOc1ccc(CN2C(=O)c3ccccc3C2=O)cc1C(=O)NCC(C)C. The number of nitrogens with zero attached hydrogens (tertiary/aromatic N) is 1. The van der Waals surface area contributed by atoms with Crippen molar-refractivity contribution in [2.75, 3.05) is 13.2 Å². The molecule has 0 fully saturated rings. The van der Waals surface area contributed by atoms with Gasteiger partial charge in [0.25, 0.3) is 17.7 Å². The van der Waals surface area contributed by atoms with E-state index in [1.165, 1.54) is 4.90 Å². The summed E-state index contributed by atoms with van der Waals surface area (Å²) >= 11 is 0. The normalized spacial score (nSPS) is 13.1. The van der Waals surface area contributed by atoms with Crippen LogP contribution in [0.1, 0.15) is 57.4 Å². The van der Waals surface area contributed by atoms with E-state index in [1.807, 2.05) is 20.8 Å². The second-order valence-electron chi connectivity index (χ2n) is 7.11. The largest absolute Gasteiger partial charge is 0.493 e. The van der Waals surface area contributed by atoms with Crippen LogP contribution in [-0.2, 0) is 6.54 Å². The molecule has 0 unspecified atom stereocenters. The third-order valence-corrected chi connectivity index (χ3v) is 4.48. The summed E-state index contributed by atoms with van der Waals surface area (Å²) in [5, 5.41) is 2.88. The molecule has 146 valence electrons. The number of fused-ring (bicyclic) bond motifs is 1. The van der Waals surface area contributed by atoms with Crippen molar-refractivity contribution in [1.29, 1.82) is 0 Å². The van der Waals surface area contributed by atoms with Crippen LogP contribution in [0, 0.1) is 5.92 Å². The Labute approximate surface area is 164 Å². The molecule has 2 aromatic carbocycles. The molecule has 2 aromatic rings. The van der Waals surface area contributed by atoms with Gasteiger partial charge in [-0.25, -0.2) is 0 Å². The first kappa shape index (κ1) is 19.6. The third kappa shape index (κ3) is 3.91. The van der Waals surface area contributed by atoms with Gasteiger partial charge in [0.2, 0.25) is 0 Å². The van der Waals surface area contributed by atoms with E-state index >= 15 is 0 Å². The minimum Gasteiger partial charge on any atom is -0.493 e. The highest BCUT2D eigenvalue weighted by Gasteiger charge is 2.35. The van der Waals surface area contributed by atoms with E-state index < -0.39 is 0 Å². The van der Waals surface area contributed by atoms with E-state index in [0.717, 1.165) is 0 Å². The van der Waals surface area contributed by atoms with Crippen LogP contribution in [0.25, 0.3) is 0 Å². The molecule has 0 spiro atoms. The van der Waals surface area contributed by atoms with Crippen molar-refractivity contribution < 1.29 is 19.1 Å². The number of carbonyl (C=O) groups excluding carboxylic acids is 3. The molecule has 0 radical (unpaired) electrons. The van der Waals surface area contributed by atoms with Crippen molar-refractivity contribution in [3.05, 3.63) is 64.7 Å². The predicted octanol–water partition coefficient (Wildman–Crippen LogP) is 3.27. The molecular weight excluding hydrogens is 356 g/mol. The molecule has 6 nitrogen and oxygen atoms in total. The maximum absolute atomic E-state index is 12.6. The Morgan fingerprint density at radius 3 is 2.29 bits per heavy atom. The zero-order chi connectivity index (χ0) is 20.3. The predicted molar refractivity (Wildman–Crippen MR) is 105 cm³/mol. The number of hydrogen-bond acceptors (Lipinski definition) is 4. The number of benzene rings is 2. The highest BCUT2D eigenvalue weighted by molar-refractivity contribution is 6.21. The summed E-state index contributed by atoms with van der Waals surface area (Å²) in [4.78, 5) is 39.0. The molecule has 0 aliphatic carbocycles. The van der Waals surface area contributed by atoms with Crippen LogP contribution < -0.4 is 10.1 Å². The summed E-state index contributed by atoms with van der Waals surface area (Å²) in [5.74, 6) is -0.0714. The Morgan fingerprint density at radius 1 is 1.07 bits per heavy atom. The van der Waals surface area contributed by atoms with E-state index in [9.17, 15) is 14.4 Å². The Kier molecular flexibility index (Phi) is 5.78. The fourth-order valence-corrected chi connectivity index (χ4v) is 3.09. The Hall–Kier alpha value is -3.15. The van der Waals surface area contributed by atoms with Gasteiger partial charge >= 0.3 is 0 Å². The summed E-state index contributed by atoms with van der Waals surface area (Å²) in [6.45, 7) is 6.96. The van der Waals surface area contributed by atoms with E-state index in [4.69, 9.17) is 4.74 Å². The second kappa shape index (κ2) is 8.25. The number of hydrogen-bond donors (Lipinski definition) is 1. The summed E-state index contributed by atoms with van der Waals surface area (Å²) in [5.41, 5.74) is 1.91. The Bertz CT molecular complexity index is 886. The molecule has 6 heteroatoms. The molecular formula is C22H24N2O4. The zero-order valence-corrected chi connectivity index (χ0v) is 16.3. The Balaban J connectivity index is 1.85. The van der Waals surface area contributed by atoms with Crippen LogP contribution in [0.3, 0.4) is 0 Å². The fourth-order valence-electron chi connectivity index (χ4n) is 3.09. The monoisotopic (exact) mass is 380 g/mol. The molecule has 3 rings (SSSR count). The second-order valence-corrected chi connectivity index (χ2v) is 7.11. The number of amides is 3. The van der Waals surface area contributed by atoms with Crippen LogP contribution in [0.4, 0.5) is 0 Å². The molecule has 0 saturated carbocycles. The van der Waals surface area contributed by atoms with Crippen molar-refractivity contribution >= 4 is 17.7 Å². The van der Waals surface area contributed by atoms with Gasteiger partial charge < -0.3 is 10.1 Å². The molecule has 0 atom stereocenters. The van der Waals surface area contributed by atoms with Gasteiger partial charge in [-0.2, -0.15) is 0 Å². The third-order valence-electron chi connectivity index (χ3n) is 4.48. The van der Waals surface area contributed by atoms with Crippen molar-refractivity contribution in [2.24, 2.45) is 5.92 Å². The summed E-state index contributed by atoms with van der Waals surface area (Å²) in [7, 11) is 0. The summed E-state index contributed by atoms with van der Waals surface area (Å²) in [6, 6.07) is 11.9. The van der Waals surface area contributed by atoms with Gasteiger partial charge in [0.15, 0.2) is 0 Å². The lowest BCUT2D eigenvalue weighted by Gasteiger charge is -2.17. The van der Waals surface area contributed by atoms with Crippen LogP contribution >= 0.6 is 0 Å². The summed E-state index contributed by atoms with van der Waals surface area (Å²) < 4.78 is 5.57. The number of nitrogens with one attached hydrogen (secondary N) is 1. The molecule has 0 saturated heterocycles. The number of rotatable bonds is 7. The highest BCUT2D eigenvalue weighted by atomic mass is 16.5. The van der Waals surface area contributed by atoms with Gasteiger partial charge in [-0.05, 0) is 42.7 Å². The lowest BCUT2D eigenvalue weighted by Crippen LogP contribution is -2.30. The molecule has 3 amide bonds. The standard InChI is InChI=1S/C22H24N2O4/c1-4-28-19-10-9-15(11-18(19)20(25)23-12-14(2)3)13-24-21(26)16-7-5-6-8-17(16)22(24)27/h5-11,14H,4,12-13H2,1-3H3,(H,23,25). The number of imide groups is 1. The van der Waals surface area contributed by atoms with Gasteiger partial charge in [-0.15, -0.1) is 0 Å². The first-order valence-corrected chi connectivity index (χ1v) is 9.41. The number of ether oxygens (including phenoxy) is 1. The first-order chi connectivity index (χ1) is 13.4. The molecule has 1 aliphatic heterocycles. The molecule has 28 heavy (non-hydrogen) atoms. The van der Waals surface area contributed by atoms with Gasteiger partial charge in [-0.3, -0.25) is 19.3 Å². The molecule has 0 bridgehead atoms. The molecule has 1 N–H and O–H groups in total. The van der Waals surface area contributed by atoms with Gasteiger partial charge in [0, 0.05) is 6.54 Å². The maximum Gasteiger partial charge on any atom is 0.261 e. The van der Waals surface area contributed by atoms with Gasteiger partial charge in [0.05, 0.1) is 29.8 Å². The van der Waals surface area contributed by atoms with Crippen LogP contribution in [0.2, 0.25) is 0 Å². The quantitative estimate of drug-likeness (QED) is 0.748. The van der Waals surface area contributed by atoms with Crippen LogP contribution in [-0.4, -0.2) is 35.8 Å². The van der Waals surface area contributed by atoms with Crippen molar-refractivity contribution in [2.45, 2.75) is 27.3 Å². The van der Waals surface area contributed by atoms with Crippen LogP contribution in [0.15, 0.2) is 42.5 Å². The lowest BCUT2D eigenvalue weighted by molar-refractivity contribution is 0.0642. The highest BCUT2D eigenvalue weighted by Crippen LogP contribution is 2.26. The maximum atomic E-state index is 12.6. The molecule has 0 aromatic heterocycles. The van der Waals surface area contributed by atoms with Gasteiger partial charge in [-0.1, -0.05) is 32.0 Å². The molecule has 1 aliphatic rings. The van der Waals surface area contributed by atoms with E-state index in [-0.39, 0.29) is 24.3 Å². The van der Waals surface area contributed by atoms with Crippen molar-refractivity contribution in [1.82, 2.24) is 10.2 Å². The minimum absolute atomic E-state index is 0.100. The smallest absolute Gasteiger partial charge is 0.261 e. The molecule has 1 heterocycles. The van der Waals surface area contributed by atoms with E-state index in [0.29, 0.717) is 47.1 Å². The lowest BCUT2D eigenvalue weighted by atomic mass is 10.1. The average Bonchev–Trinajstić information content (AvgIpc) is 2.92. The zero-order valence-electron chi connectivity index (χ0n) is 16.3. The number of carbonyl (C=O) groups is 3. The minimum atomic E-state index is -0.319. The topological polar surface area (TPSA) is 75.7 Å². The average molecular weight is 380 g/mol. The fraction of sp³-hybridized carbons (Fsp3) is 0.318. The van der Waals surface area contributed by atoms with Crippen molar-refractivity contribution in [3.63, 3.8) is 0 Å². The van der Waals surface area contributed by atoms with Crippen molar-refractivity contribution in [3.8, 4) is 5.75 Å².